The van der Waals surface area contributed by atoms with Crippen molar-refractivity contribution in [3.63, 3.8) is 0 Å². The number of amides is 1. The molecule has 6 nitrogen and oxygen atoms in total. The van der Waals surface area contributed by atoms with Crippen LogP contribution >= 0.6 is 11.3 Å². The number of nitrogens with zero attached hydrogens (tertiary/aromatic N) is 3. The van der Waals surface area contributed by atoms with Gasteiger partial charge in [0.15, 0.2) is 0 Å². The summed E-state index contributed by atoms with van der Waals surface area (Å²) in [5.41, 5.74) is 1.69. The summed E-state index contributed by atoms with van der Waals surface area (Å²) in [5, 5.41) is 9.35. The summed E-state index contributed by atoms with van der Waals surface area (Å²) in [4.78, 5) is 26.7. The minimum absolute atomic E-state index is 0.230. The van der Waals surface area contributed by atoms with Crippen molar-refractivity contribution in [1.82, 2.24) is 19.7 Å². The molecule has 27 heavy (non-hydrogen) atoms. The summed E-state index contributed by atoms with van der Waals surface area (Å²) in [6.07, 6.45) is 3.49. The molecule has 0 aliphatic carbocycles. The van der Waals surface area contributed by atoms with Gasteiger partial charge in [0.1, 0.15) is 5.69 Å². The van der Waals surface area contributed by atoms with Crippen LogP contribution in [0, 0.1) is 0 Å². The van der Waals surface area contributed by atoms with Crippen molar-refractivity contribution in [2.75, 3.05) is 0 Å². The van der Waals surface area contributed by atoms with E-state index >= 15 is 0 Å². The highest BCUT2D eigenvalue weighted by molar-refractivity contribution is 7.09. The van der Waals surface area contributed by atoms with Gasteiger partial charge in [0.05, 0.1) is 23.4 Å². The van der Waals surface area contributed by atoms with Gasteiger partial charge in [-0.2, -0.15) is 9.78 Å². The van der Waals surface area contributed by atoms with Crippen LogP contribution in [0.15, 0.2) is 65.0 Å². The molecule has 0 unspecified atom stereocenters. The number of hydrogen-bond acceptors (Lipinski definition) is 4. The first-order valence-corrected chi connectivity index (χ1v) is 9.54. The number of carbonyl (C=O) groups excluding carboxylic acids is 1. The zero-order valence-corrected chi connectivity index (χ0v) is 15.6. The fraction of sp³-hybridized carbons (Fsp3) is 0.150. The summed E-state index contributed by atoms with van der Waals surface area (Å²) in [5.74, 6) is -0.242. The van der Waals surface area contributed by atoms with Gasteiger partial charge in [0.25, 0.3) is 11.5 Å². The molecule has 7 heteroatoms. The quantitative estimate of drug-likeness (QED) is 0.580. The van der Waals surface area contributed by atoms with E-state index in [-0.39, 0.29) is 11.5 Å². The molecule has 4 rings (SSSR count). The molecule has 1 aromatic carbocycles. The molecule has 3 heterocycles. The van der Waals surface area contributed by atoms with Crippen LogP contribution in [0.4, 0.5) is 0 Å². The molecule has 0 spiro atoms. The predicted octanol–water partition coefficient (Wildman–Crippen LogP) is 3.15. The molecule has 0 saturated carbocycles. The van der Waals surface area contributed by atoms with Crippen LogP contribution < -0.4 is 10.9 Å². The average Bonchev–Trinajstić information content (AvgIpc) is 3.34. The normalized spacial score (nSPS) is 11.0. The van der Waals surface area contributed by atoms with Gasteiger partial charge in [-0.1, -0.05) is 24.3 Å². The highest BCUT2D eigenvalue weighted by Gasteiger charge is 2.24. The maximum absolute atomic E-state index is 12.9. The van der Waals surface area contributed by atoms with Gasteiger partial charge in [-0.15, -0.1) is 11.3 Å². The summed E-state index contributed by atoms with van der Waals surface area (Å²) >= 11 is 1.59. The molecule has 0 saturated heterocycles. The molecule has 136 valence electrons. The molecule has 0 fully saturated rings. The van der Waals surface area contributed by atoms with E-state index in [2.05, 4.69) is 10.4 Å². The molecule has 0 atom stereocenters. The number of nitrogens with one attached hydrogen (secondary N) is 1. The number of aryl methyl sites for hydroxylation is 1. The first kappa shape index (κ1) is 17.2. The lowest BCUT2D eigenvalue weighted by Crippen LogP contribution is -2.24. The number of fused-ring (bicyclic) bond motifs is 1. The summed E-state index contributed by atoms with van der Waals surface area (Å²) in [6, 6.07) is 13.1. The molecule has 1 amide bonds. The second-order valence-electron chi connectivity index (χ2n) is 6.08. The third kappa shape index (κ3) is 3.29. The van der Waals surface area contributed by atoms with Gasteiger partial charge in [-0.3, -0.25) is 9.59 Å². The zero-order valence-electron chi connectivity index (χ0n) is 14.8. The molecule has 2 aromatic rings. The van der Waals surface area contributed by atoms with E-state index in [9.17, 15) is 9.59 Å². The lowest BCUT2D eigenvalue weighted by Gasteiger charge is -2.11. The minimum atomic E-state index is -0.242. The number of rotatable bonds is 5. The van der Waals surface area contributed by atoms with Gasteiger partial charge in [0.2, 0.25) is 0 Å². The van der Waals surface area contributed by atoms with Crippen LogP contribution in [-0.2, 0) is 13.1 Å². The number of carbonyl (C=O) groups is 1. The monoisotopic (exact) mass is 378 g/mol. The zero-order chi connectivity index (χ0) is 18.8. The van der Waals surface area contributed by atoms with Gasteiger partial charge in [0, 0.05) is 23.8 Å². The minimum Gasteiger partial charge on any atom is -0.353 e. The van der Waals surface area contributed by atoms with Crippen molar-refractivity contribution in [2.24, 2.45) is 0 Å². The van der Waals surface area contributed by atoms with Crippen LogP contribution in [0.5, 0.6) is 0 Å². The Bertz CT molecular complexity index is 1100. The van der Waals surface area contributed by atoms with Crippen LogP contribution in [0.3, 0.4) is 0 Å². The standard InChI is InChI=1S/C20H18N4O2S/c1-2-23-12-16(19(25)21-11-15-9-6-10-27-15)18-17(13-23)20(26)24(22-18)14-7-4-3-5-8-14/h3-10,12-13H,2,11H2,1H3,(H,21,25). The van der Waals surface area contributed by atoms with E-state index in [1.807, 2.05) is 59.3 Å². The van der Waals surface area contributed by atoms with E-state index in [0.717, 1.165) is 4.88 Å². The number of aromatic nitrogens is 3. The summed E-state index contributed by atoms with van der Waals surface area (Å²) < 4.78 is 3.18. The van der Waals surface area contributed by atoms with E-state index in [1.54, 1.807) is 23.7 Å². The molecule has 2 aliphatic rings. The van der Waals surface area contributed by atoms with Crippen LogP contribution in [0.1, 0.15) is 22.2 Å². The lowest BCUT2D eigenvalue weighted by atomic mass is 10.1. The Morgan fingerprint density at radius 2 is 1.96 bits per heavy atom. The largest absolute Gasteiger partial charge is 0.353 e. The van der Waals surface area contributed by atoms with E-state index in [0.29, 0.717) is 35.6 Å². The number of thiophene rings is 1. The Morgan fingerprint density at radius 1 is 1.15 bits per heavy atom. The van der Waals surface area contributed by atoms with Gasteiger partial charge < -0.3 is 9.88 Å². The molecule has 2 aliphatic heterocycles. The predicted molar refractivity (Wildman–Crippen MR) is 106 cm³/mol. The average molecular weight is 378 g/mol. The summed E-state index contributed by atoms with van der Waals surface area (Å²) in [7, 11) is 0. The van der Waals surface area contributed by atoms with Crippen molar-refractivity contribution >= 4 is 17.2 Å². The Hall–Kier alpha value is -3.19. The summed E-state index contributed by atoms with van der Waals surface area (Å²) in [6.45, 7) is 3.06. The molecule has 0 radical (unpaired) electrons. The highest BCUT2D eigenvalue weighted by atomic mass is 32.1. The number of para-hydroxylation sites is 1. The molecule has 1 N–H and O–H groups in total. The van der Waals surface area contributed by atoms with Gasteiger partial charge in [-0.05, 0) is 30.5 Å². The third-order valence-corrected chi connectivity index (χ3v) is 5.21. The Morgan fingerprint density at radius 3 is 2.67 bits per heavy atom. The number of hydrogen-bond donors (Lipinski definition) is 1. The number of pyridine rings is 1. The molecule has 1 aromatic heterocycles. The topological polar surface area (TPSA) is 68.9 Å². The molecule has 0 bridgehead atoms. The van der Waals surface area contributed by atoms with Gasteiger partial charge in [-0.25, -0.2) is 0 Å². The Balaban J connectivity index is 1.77. The Labute approximate surface area is 160 Å². The van der Waals surface area contributed by atoms with Crippen molar-refractivity contribution < 1.29 is 4.79 Å². The van der Waals surface area contributed by atoms with E-state index < -0.39 is 0 Å². The first-order chi connectivity index (χ1) is 13.2. The fourth-order valence-electron chi connectivity index (χ4n) is 2.93. The second-order valence-corrected chi connectivity index (χ2v) is 7.11. The third-order valence-electron chi connectivity index (χ3n) is 4.34. The SMILES string of the molecule is CCn1cc(C(=O)NCc2cccs2)c2nn(-c3ccccc3)c(=O)c-2c1. The van der Waals surface area contributed by atoms with E-state index in [4.69, 9.17) is 0 Å². The fourth-order valence-corrected chi connectivity index (χ4v) is 3.57. The Kier molecular flexibility index (Phi) is 4.60. The van der Waals surface area contributed by atoms with Crippen molar-refractivity contribution in [3.05, 3.63) is 81.0 Å². The van der Waals surface area contributed by atoms with Crippen LogP contribution in [0.2, 0.25) is 0 Å². The molecular formula is C20H18N4O2S. The van der Waals surface area contributed by atoms with Crippen molar-refractivity contribution in [3.8, 4) is 16.9 Å². The maximum atomic E-state index is 12.9. The lowest BCUT2D eigenvalue weighted by molar-refractivity contribution is 0.0951. The van der Waals surface area contributed by atoms with Crippen LogP contribution in [0.25, 0.3) is 16.9 Å². The molecular weight excluding hydrogens is 360 g/mol. The van der Waals surface area contributed by atoms with Gasteiger partial charge >= 0.3 is 0 Å². The van der Waals surface area contributed by atoms with E-state index in [1.165, 1.54) is 4.68 Å². The highest BCUT2D eigenvalue weighted by Crippen LogP contribution is 2.22. The second kappa shape index (κ2) is 7.20. The number of benzene rings is 1. The first-order valence-electron chi connectivity index (χ1n) is 8.66. The van der Waals surface area contributed by atoms with Crippen molar-refractivity contribution in [1.29, 1.82) is 0 Å². The van der Waals surface area contributed by atoms with Crippen LogP contribution in [-0.4, -0.2) is 20.3 Å². The van der Waals surface area contributed by atoms with Crippen molar-refractivity contribution in [2.45, 2.75) is 20.0 Å². The smallest absolute Gasteiger partial charge is 0.282 e. The maximum Gasteiger partial charge on any atom is 0.282 e.